The maximum Gasteiger partial charge on any atom is 0.166 e. The molecule has 1 aliphatic rings. The zero-order valence-electron chi connectivity index (χ0n) is 16.5. The van der Waals surface area contributed by atoms with Crippen LogP contribution in [-0.4, -0.2) is 0 Å². The van der Waals surface area contributed by atoms with Gasteiger partial charge in [0.05, 0.1) is 0 Å². The maximum absolute atomic E-state index is 14.6. The third-order valence-electron chi connectivity index (χ3n) is 5.75. The summed E-state index contributed by atoms with van der Waals surface area (Å²) < 4.78 is 28.9. The van der Waals surface area contributed by atoms with Gasteiger partial charge in [-0.2, -0.15) is 0 Å². The summed E-state index contributed by atoms with van der Waals surface area (Å²) >= 11 is 0. The fourth-order valence-electron chi connectivity index (χ4n) is 4.06. The third-order valence-corrected chi connectivity index (χ3v) is 5.75. The van der Waals surface area contributed by atoms with Gasteiger partial charge < -0.3 is 0 Å². The van der Waals surface area contributed by atoms with Crippen molar-refractivity contribution >= 4 is 5.57 Å². The summed E-state index contributed by atoms with van der Waals surface area (Å²) in [6.45, 7) is 4.30. The molecular weight excluding hydrogens is 338 g/mol. The molecule has 0 amide bonds. The molecule has 0 saturated heterocycles. The Bertz CT molecular complexity index is 787. The molecule has 2 heteroatoms. The van der Waals surface area contributed by atoms with Crippen LogP contribution in [0.2, 0.25) is 0 Å². The Balaban J connectivity index is 1.77. The van der Waals surface area contributed by atoms with E-state index in [1.165, 1.54) is 30.4 Å². The Labute approximate surface area is 162 Å². The molecule has 2 aromatic carbocycles. The van der Waals surface area contributed by atoms with Gasteiger partial charge in [0.15, 0.2) is 11.6 Å². The smallest absolute Gasteiger partial charge is 0.166 e. The predicted octanol–water partition coefficient (Wildman–Crippen LogP) is 7.96. The first-order valence-electron chi connectivity index (χ1n) is 10.4. The lowest BCUT2D eigenvalue weighted by molar-refractivity contribution is 0.445. The van der Waals surface area contributed by atoms with Crippen molar-refractivity contribution in [3.05, 3.63) is 65.2 Å². The number of aryl methyl sites for hydroxylation is 1. The number of allylic oxidation sites excluding steroid dienone is 2. The number of hydrogen-bond donors (Lipinski definition) is 0. The molecule has 0 heterocycles. The number of halogens is 2. The van der Waals surface area contributed by atoms with E-state index < -0.39 is 11.6 Å². The Hall–Kier alpha value is -1.96. The predicted molar refractivity (Wildman–Crippen MR) is 111 cm³/mol. The van der Waals surface area contributed by atoms with Crippen molar-refractivity contribution in [2.75, 3.05) is 0 Å². The molecule has 1 aliphatic carbocycles. The van der Waals surface area contributed by atoms with Crippen molar-refractivity contribution in [1.29, 1.82) is 0 Å². The minimum absolute atomic E-state index is 0.347. The van der Waals surface area contributed by atoms with Crippen molar-refractivity contribution in [3.63, 3.8) is 0 Å². The van der Waals surface area contributed by atoms with Crippen molar-refractivity contribution in [2.24, 2.45) is 5.92 Å². The minimum atomic E-state index is -0.726. The molecule has 1 unspecified atom stereocenters. The molecule has 0 bridgehead atoms. The molecular formula is C25H30F2. The first-order chi connectivity index (χ1) is 13.1. The van der Waals surface area contributed by atoms with Crippen LogP contribution in [0, 0.1) is 17.6 Å². The van der Waals surface area contributed by atoms with Gasteiger partial charge in [0, 0.05) is 5.56 Å². The van der Waals surface area contributed by atoms with Crippen LogP contribution in [0.5, 0.6) is 0 Å². The summed E-state index contributed by atoms with van der Waals surface area (Å²) in [6.07, 6.45) is 10.9. The minimum Gasteiger partial charge on any atom is -0.203 e. The van der Waals surface area contributed by atoms with Crippen LogP contribution in [-0.2, 0) is 6.42 Å². The number of benzene rings is 2. The van der Waals surface area contributed by atoms with E-state index in [0.29, 0.717) is 17.5 Å². The molecule has 0 aliphatic heterocycles. The van der Waals surface area contributed by atoms with Crippen LogP contribution in [0.15, 0.2) is 42.5 Å². The second-order valence-corrected chi connectivity index (χ2v) is 7.74. The average Bonchev–Trinajstić information content (AvgIpc) is 2.70. The molecule has 0 radical (unpaired) electrons. The van der Waals surface area contributed by atoms with Crippen LogP contribution in [0.4, 0.5) is 8.78 Å². The molecule has 0 fully saturated rings. The zero-order chi connectivity index (χ0) is 19.2. The lowest BCUT2D eigenvalue weighted by Crippen LogP contribution is -2.05. The van der Waals surface area contributed by atoms with Gasteiger partial charge in [-0.15, -0.1) is 0 Å². The van der Waals surface area contributed by atoms with E-state index in [2.05, 4.69) is 19.9 Å². The lowest BCUT2D eigenvalue weighted by atomic mass is 9.84. The Morgan fingerprint density at radius 2 is 1.63 bits per heavy atom. The lowest BCUT2D eigenvalue weighted by Gasteiger charge is -2.21. The van der Waals surface area contributed by atoms with E-state index >= 15 is 0 Å². The molecule has 0 spiro atoms. The zero-order valence-corrected chi connectivity index (χ0v) is 16.5. The van der Waals surface area contributed by atoms with Crippen LogP contribution >= 0.6 is 0 Å². The highest BCUT2D eigenvalue weighted by Crippen LogP contribution is 2.34. The standard InChI is InChI=1S/C25H30F2/c1-3-5-7-22-16-17-23(25(27)24(22)26)21-14-12-20(13-15-21)19-10-8-18(6-4-2)9-11-19/h10,12-18H,3-9,11H2,1-2H3. The molecule has 0 saturated carbocycles. The first kappa shape index (κ1) is 19.8. The number of rotatable bonds is 7. The molecule has 3 rings (SSSR count). The molecule has 1 atom stereocenters. The number of hydrogen-bond acceptors (Lipinski definition) is 0. The van der Waals surface area contributed by atoms with Gasteiger partial charge >= 0.3 is 0 Å². The van der Waals surface area contributed by atoms with Crippen molar-refractivity contribution < 1.29 is 8.78 Å². The Morgan fingerprint density at radius 1 is 0.889 bits per heavy atom. The van der Waals surface area contributed by atoms with E-state index in [0.717, 1.165) is 37.2 Å². The van der Waals surface area contributed by atoms with Gasteiger partial charge in [-0.1, -0.05) is 75.6 Å². The first-order valence-corrected chi connectivity index (χ1v) is 10.4. The van der Waals surface area contributed by atoms with Crippen molar-refractivity contribution in [3.8, 4) is 11.1 Å². The summed E-state index contributed by atoms with van der Waals surface area (Å²) in [5.41, 5.74) is 4.14. The molecule has 0 nitrogen and oxygen atoms in total. The van der Waals surface area contributed by atoms with Gasteiger partial charge in [0.25, 0.3) is 0 Å². The highest BCUT2D eigenvalue weighted by atomic mass is 19.2. The van der Waals surface area contributed by atoms with Gasteiger partial charge in [0.1, 0.15) is 0 Å². The van der Waals surface area contributed by atoms with Crippen LogP contribution in [0.1, 0.15) is 69.9 Å². The molecule has 144 valence electrons. The summed E-state index contributed by atoms with van der Waals surface area (Å²) in [5, 5.41) is 0. The quantitative estimate of drug-likeness (QED) is 0.465. The van der Waals surface area contributed by atoms with Gasteiger partial charge in [0.2, 0.25) is 0 Å². The fraction of sp³-hybridized carbons (Fsp3) is 0.440. The van der Waals surface area contributed by atoms with Gasteiger partial charge in [-0.3, -0.25) is 0 Å². The average molecular weight is 369 g/mol. The van der Waals surface area contributed by atoms with Gasteiger partial charge in [-0.05, 0) is 60.3 Å². The molecule has 2 aromatic rings. The van der Waals surface area contributed by atoms with E-state index in [9.17, 15) is 8.78 Å². The SMILES string of the molecule is CCCCc1ccc(-c2ccc(C3=CCC(CCC)CC3)cc2)c(F)c1F. The molecule has 27 heavy (non-hydrogen) atoms. The largest absolute Gasteiger partial charge is 0.203 e. The normalized spacial score (nSPS) is 17.0. The van der Waals surface area contributed by atoms with E-state index in [1.54, 1.807) is 12.1 Å². The monoisotopic (exact) mass is 368 g/mol. The van der Waals surface area contributed by atoms with E-state index in [4.69, 9.17) is 0 Å². The Kier molecular flexibility index (Phi) is 6.82. The second kappa shape index (κ2) is 9.30. The summed E-state index contributed by atoms with van der Waals surface area (Å²) in [7, 11) is 0. The second-order valence-electron chi connectivity index (χ2n) is 7.74. The highest BCUT2D eigenvalue weighted by molar-refractivity contribution is 5.71. The van der Waals surface area contributed by atoms with E-state index in [-0.39, 0.29) is 0 Å². The summed E-state index contributed by atoms with van der Waals surface area (Å²) in [4.78, 5) is 0. The molecule has 0 N–H and O–H groups in total. The van der Waals surface area contributed by atoms with Crippen LogP contribution in [0.25, 0.3) is 16.7 Å². The molecule has 0 aromatic heterocycles. The maximum atomic E-state index is 14.6. The van der Waals surface area contributed by atoms with Gasteiger partial charge in [-0.25, -0.2) is 8.78 Å². The fourth-order valence-corrected chi connectivity index (χ4v) is 4.06. The van der Waals surface area contributed by atoms with Crippen molar-refractivity contribution in [2.45, 2.75) is 65.2 Å². The van der Waals surface area contributed by atoms with Crippen LogP contribution < -0.4 is 0 Å². The topological polar surface area (TPSA) is 0 Å². The van der Waals surface area contributed by atoms with Crippen LogP contribution in [0.3, 0.4) is 0 Å². The summed E-state index contributed by atoms with van der Waals surface area (Å²) in [6, 6.07) is 11.4. The third kappa shape index (κ3) is 4.66. The highest BCUT2D eigenvalue weighted by Gasteiger charge is 2.16. The van der Waals surface area contributed by atoms with E-state index in [1.807, 2.05) is 24.3 Å². The Morgan fingerprint density at radius 3 is 2.26 bits per heavy atom. The van der Waals surface area contributed by atoms with Crippen molar-refractivity contribution in [1.82, 2.24) is 0 Å². The number of unbranched alkanes of at least 4 members (excludes halogenated alkanes) is 1. The summed E-state index contributed by atoms with van der Waals surface area (Å²) in [5.74, 6) is -0.598.